The van der Waals surface area contributed by atoms with Gasteiger partial charge < -0.3 is 11.1 Å². The lowest BCUT2D eigenvalue weighted by molar-refractivity contribution is -0.121. The molecule has 0 saturated carbocycles. The molecule has 0 bridgehead atoms. The third-order valence-electron chi connectivity index (χ3n) is 2.52. The van der Waals surface area contributed by atoms with E-state index in [1.165, 1.54) is 10.5 Å². The molecule has 0 aliphatic heterocycles. The lowest BCUT2D eigenvalue weighted by atomic mass is 10.1. The van der Waals surface area contributed by atoms with Crippen molar-refractivity contribution in [2.24, 2.45) is 5.73 Å². The van der Waals surface area contributed by atoms with Crippen LogP contribution in [0.3, 0.4) is 0 Å². The number of hydrogen-bond acceptors (Lipinski definition) is 3. The molecule has 94 valence electrons. The summed E-state index contributed by atoms with van der Waals surface area (Å²) in [6.45, 7) is 1.27. The van der Waals surface area contributed by atoms with Crippen LogP contribution in [0.5, 0.6) is 0 Å². The molecule has 0 radical (unpaired) electrons. The fraction of sp³-hybridized carbons (Fsp3) is 0.462. The Morgan fingerprint density at radius 1 is 1.41 bits per heavy atom. The first kappa shape index (κ1) is 14.1. The first-order valence-electron chi connectivity index (χ1n) is 5.86. The third-order valence-corrected chi connectivity index (χ3v) is 3.36. The van der Waals surface area contributed by atoms with E-state index in [-0.39, 0.29) is 5.91 Å². The standard InChI is InChI=1S/C13H20N2OS/c1-17-12-6-3-2-5-11(12)8-10-15-13(16)7-4-9-14/h2-3,5-6H,4,7-10,14H2,1H3,(H,15,16). The molecule has 17 heavy (non-hydrogen) atoms. The van der Waals surface area contributed by atoms with Gasteiger partial charge in [-0.1, -0.05) is 18.2 Å². The van der Waals surface area contributed by atoms with E-state index in [0.29, 0.717) is 19.5 Å². The van der Waals surface area contributed by atoms with Gasteiger partial charge in [0.05, 0.1) is 0 Å². The zero-order valence-corrected chi connectivity index (χ0v) is 11.1. The highest BCUT2D eigenvalue weighted by atomic mass is 32.2. The Morgan fingerprint density at radius 3 is 2.88 bits per heavy atom. The quantitative estimate of drug-likeness (QED) is 0.728. The zero-order chi connectivity index (χ0) is 12.5. The molecule has 0 saturated heterocycles. The van der Waals surface area contributed by atoms with Gasteiger partial charge in [-0.3, -0.25) is 4.79 Å². The molecule has 0 aliphatic rings. The highest BCUT2D eigenvalue weighted by molar-refractivity contribution is 7.98. The van der Waals surface area contributed by atoms with Crippen molar-refractivity contribution >= 4 is 17.7 Å². The largest absolute Gasteiger partial charge is 0.356 e. The number of benzene rings is 1. The summed E-state index contributed by atoms with van der Waals surface area (Å²) in [4.78, 5) is 12.7. The number of amides is 1. The zero-order valence-electron chi connectivity index (χ0n) is 10.2. The fourth-order valence-corrected chi connectivity index (χ4v) is 2.24. The van der Waals surface area contributed by atoms with Gasteiger partial charge in [0.25, 0.3) is 0 Å². The van der Waals surface area contributed by atoms with Crippen LogP contribution in [0.25, 0.3) is 0 Å². The van der Waals surface area contributed by atoms with E-state index in [9.17, 15) is 4.79 Å². The second-order valence-electron chi connectivity index (χ2n) is 3.80. The van der Waals surface area contributed by atoms with Crippen LogP contribution in [0.15, 0.2) is 29.2 Å². The molecule has 0 fully saturated rings. The monoisotopic (exact) mass is 252 g/mol. The summed E-state index contributed by atoms with van der Waals surface area (Å²) in [6.07, 6.45) is 4.23. The van der Waals surface area contributed by atoms with E-state index < -0.39 is 0 Å². The van der Waals surface area contributed by atoms with Crippen molar-refractivity contribution in [2.45, 2.75) is 24.2 Å². The highest BCUT2D eigenvalue weighted by Crippen LogP contribution is 2.19. The summed E-state index contributed by atoms with van der Waals surface area (Å²) in [5.41, 5.74) is 6.64. The molecule has 1 aromatic rings. The summed E-state index contributed by atoms with van der Waals surface area (Å²) in [7, 11) is 0. The van der Waals surface area contributed by atoms with Crippen molar-refractivity contribution in [3.8, 4) is 0 Å². The summed E-state index contributed by atoms with van der Waals surface area (Å²) in [5.74, 6) is 0.0945. The van der Waals surface area contributed by atoms with Gasteiger partial charge in [0.2, 0.25) is 5.91 Å². The van der Waals surface area contributed by atoms with Gasteiger partial charge in [0.15, 0.2) is 0 Å². The lowest BCUT2D eigenvalue weighted by Crippen LogP contribution is -2.26. The van der Waals surface area contributed by atoms with Gasteiger partial charge in [-0.2, -0.15) is 0 Å². The van der Waals surface area contributed by atoms with E-state index in [1.54, 1.807) is 11.8 Å². The van der Waals surface area contributed by atoms with Gasteiger partial charge >= 0.3 is 0 Å². The number of carbonyl (C=O) groups is 1. The molecule has 0 aromatic heterocycles. The SMILES string of the molecule is CSc1ccccc1CCNC(=O)CCCN. The van der Waals surface area contributed by atoms with Crippen LogP contribution in [-0.2, 0) is 11.2 Å². The predicted octanol–water partition coefficient (Wildman–Crippen LogP) is 1.81. The van der Waals surface area contributed by atoms with Crippen LogP contribution in [0.1, 0.15) is 18.4 Å². The Morgan fingerprint density at radius 2 is 2.18 bits per heavy atom. The van der Waals surface area contributed by atoms with Crippen LogP contribution in [0, 0.1) is 0 Å². The minimum atomic E-state index is 0.0945. The number of nitrogens with one attached hydrogen (secondary N) is 1. The summed E-state index contributed by atoms with van der Waals surface area (Å²) >= 11 is 1.74. The van der Waals surface area contributed by atoms with Crippen molar-refractivity contribution < 1.29 is 4.79 Å². The van der Waals surface area contributed by atoms with Gasteiger partial charge in [0.1, 0.15) is 0 Å². The number of hydrogen-bond donors (Lipinski definition) is 2. The molecule has 1 amide bonds. The lowest BCUT2D eigenvalue weighted by Gasteiger charge is -2.08. The third kappa shape index (κ3) is 5.24. The van der Waals surface area contributed by atoms with E-state index in [0.717, 1.165) is 12.8 Å². The molecule has 1 rings (SSSR count). The maximum absolute atomic E-state index is 11.4. The van der Waals surface area contributed by atoms with E-state index >= 15 is 0 Å². The maximum atomic E-state index is 11.4. The second-order valence-corrected chi connectivity index (χ2v) is 4.65. The van der Waals surface area contributed by atoms with Crippen molar-refractivity contribution in [1.29, 1.82) is 0 Å². The smallest absolute Gasteiger partial charge is 0.220 e. The van der Waals surface area contributed by atoms with Crippen LogP contribution in [-0.4, -0.2) is 25.3 Å². The average molecular weight is 252 g/mol. The Labute approximate surface area is 107 Å². The summed E-state index contributed by atoms with van der Waals surface area (Å²) in [6, 6.07) is 8.29. The molecule has 0 atom stereocenters. The highest BCUT2D eigenvalue weighted by Gasteiger charge is 2.02. The number of nitrogens with two attached hydrogens (primary N) is 1. The first-order chi connectivity index (χ1) is 8.27. The summed E-state index contributed by atoms with van der Waals surface area (Å²) in [5, 5.41) is 2.91. The van der Waals surface area contributed by atoms with Crippen molar-refractivity contribution in [3.05, 3.63) is 29.8 Å². The van der Waals surface area contributed by atoms with E-state index in [4.69, 9.17) is 5.73 Å². The van der Waals surface area contributed by atoms with Crippen LogP contribution in [0.2, 0.25) is 0 Å². The molecule has 3 N–H and O–H groups in total. The van der Waals surface area contributed by atoms with Gasteiger partial charge in [0, 0.05) is 17.9 Å². The van der Waals surface area contributed by atoms with Crippen LogP contribution < -0.4 is 11.1 Å². The first-order valence-corrected chi connectivity index (χ1v) is 7.09. The van der Waals surface area contributed by atoms with Gasteiger partial charge in [-0.25, -0.2) is 0 Å². The molecular formula is C13H20N2OS. The van der Waals surface area contributed by atoms with Crippen molar-refractivity contribution in [3.63, 3.8) is 0 Å². The van der Waals surface area contributed by atoms with Crippen LogP contribution >= 0.6 is 11.8 Å². The maximum Gasteiger partial charge on any atom is 0.220 e. The Kier molecular flexibility index (Phi) is 6.74. The molecule has 0 unspecified atom stereocenters. The number of thioether (sulfide) groups is 1. The molecule has 0 spiro atoms. The van der Waals surface area contributed by atoms with Gasteiger partial charge in [-0.05, 0) is 37.3 Å². The van der Waals surface area contributed by atoms with Crippen LogP contribution in [0.4, 0.5) is 0 Å². The Bertz CT molecular complexity index is 355. The topological polar surface area (TPSA) is 55.1 Å². The molecule has 3 nitrogen and oxygen atoms in total. The minimum Gasteiger partial charge on any atom is -0.356 e. The second kappa shape index (κ2) is 8.14. The Hall–Kier alpha value is -1.00. The average Bonchev–Trinajstić information content (AvgIpc) is 2.37. The number of carbonyl (C=O) groups excluding carboxylic acids is 1. The molecule has 0 heterocycles. The van der Waals surface area contributed by atoms with Crippen molar-refractivity contribution in [1.82, 2.24) is 5.32 Å². The minimum absolute atomic E-state index is 0.0945. The normalized spacial score (nSPS) is 10.2. The predicted molar refractivity (Wildman–Crippen MR) is 73.2 cm³/mol. The Balaban J connectivity index is 2.33. The summed E-state index contributed by atoms with van der Waals surface area (Å²) < 4.78 is 0. The van der Waals surface area contributed by atoms with E-state index in [1.807, 2.05) is 12.1 Å². The molecule has 0 aliphatic carbocycles. The van der Waals surface area contributed by atoms with Gasteiger partial charge in [-0.15, -0.1) is 11.8 Å². The fourth-order valence-electron chi connectivity index (χ4n) is 1.60. The number of rotatable bonds is 7. The van der Waals surface area contributed by atoms with Crippen molar-refractivity contribution in [2.75, 3.05) is 19.3 Å². The molecule has 1 aromatic carbocycles. The molecule has 4 heteroatoms. The molecular weight excluding hydrogens is 232 g/mol. The van der Waals surface area contributed by atoms with E-state index in [2.05, 4.69) is 23.7 Å².